The van der Waals surface area contributed by atoms with E-state index < -0.39 is 0 Å². The minimum atomic E-state index is 0.716. The summed E-state index contributed by atoms with van der Waals surface area (Å²) >= 11 is 5.40. The molecule has 0 saturated heterocycles. The second-order valence-electron chi connectivity index (χ2n) is 5.57. The monoisotopic (exact) mass is 292 g/mol. The van der Waals surface area contributed by atoms with E-state index in [1.807, 2.05) is 0 Å². The van der Waals surface area contributed by atoms with Crippen LogP contribution in [0.2, 0.25) is 0 Å². The molecule has 1 atom stereocenters. The first-order valence-corrected chi connectivity index (χ1v) is 8.09. The number of benzene rings is 1. The molecule has 1 aromatic rings. The number of anilines is 1. The van der Waals surface area contributed by atoms with E-state index in [1.54, 1.807) is 0 Å². The van der Waals surface area contributed by atoms with Crippen molar-refractivity contribution >= 4 is 23.0 Å². The maximum absolute atomic E-state index is 5.40. The SMILES string of the molecule is CCCCC(CC)CNC(=S)Nc1cc(C)ccc1C. The van der Waals surface area contributed by atoms with Gasteiger partial charge in [-0.25, -0.2) is 0 Å². The highest BCUT2D eigenvalue weighted by molar-refractivity contribution is 7.80. The summed E-state index contributed by atoms with van der Waals surface area (Å²) in [5.41, 5.74) is 3.57. The topological polar surface area (TPSA) is 24.1 Å². The van der Waals surface area contributed by atoms with Crippen LogP contribution < -0.4 is 10.6 Å². The number of thiocarbonyl (C=S) groups is 1. The van der Waals surface area contributed by atoms with E-state index in [0.717, 1.165) is 17.3 Å². The highest BCUT2D eigenvalue weighted by Gasteiger charge is 2.07. The van der Waals surface area contributed by atoms with E-state index in [1.165, 1.54) is 36.8 Å². The van der Waals surface area contributed by atoms with E-state index in [4.69, 9.17) is 12.2 Å². The lowest BCUT2D eigenvalue weighted by Crippen LogP contribution is -2.33. The number of rotatable bonds is 7. The first-order chi connectivity index (χ1) is 9.56. The Labute approximate surface area is 129 Å². The van der Waals surface area contributed by atoms with Crippen molar-refractivity contribution in [2.75, 3.05) is 11.9 Å². The van der Waals surface area contributed by atoms with Crippen LogP contribution in [0.4, 0.5) is 5.69 Å². The maximum atomic E-state index is 5.40. The Bertz CT molecular complexity index is 429. The second kappa shape index (κ2) is 8.96. The van der Waals surface area contributed by atoms with E-state index in [9.17, 15) is 0 Å². The third-order valence-electron chi connectivity index (χ3n) is 3.74. The average molecular weight is 292 g/mol. The molecule has 20 heavy (non-hydrogen) atoms. The molecule has 0 aliphatic carbocycles. The van der Waals surface area contributed by atoms with Gasteiger partial charge in [0.05, 0.1) is 0 Å². The molecule has 0 bridgehead atoms. The Morgan fingerprint density at radius 2 is 2.00 bits per heavy atom. The quantitative estimate of drug-likeness (QED) is 0.705. The normalized spacial score (nSPS) is 12.0. The highest BCUT2D eigenvalue weighted by Crippen LogP contribution is 2.16. The first kappa shape index (κ1) is 17.0. The lowest BCUT2D eigenvalue weighted by Gasteiger charge is -2.18. The van der Waals surface area contributed by atoms with Gasteiger partial charge in [-0.1, -0.05) is 45.2 Å². The summed E-state index contributed by atoms with van der Waals surface area (Å²) in [5.74, 6) is 0.716. The lowest BCUT2D eigenvalue weighted by molar-refractivity contribution is 0.446. The van der Waals surface area contributed by atoms with Gasteiger partial charge in [-0.15, -0.1) is 0 Å². The van der Waals surface area contributed by atoms with Crippen LogP contribution in [0.1, 0.15) is 50.7 Å². The lowest BCUT2D eigenvalue weighted by atomic mass is 9.99. The Hall–Kier alpha value is -1.09. The minimum Gasteiger partial charge on any atom is -0.362 e. The molecule has 3 heteroatoms. The van der Waals surface area contributed by atoms with Crippen LogP contribution in [0.3, 0.4) is 0 Å². The van der Waals surface area contributed by atoms with Gasteiger partial charge in [-0.2, -0.15) is 0 Å². The van der Waals surface area contributed by atoms with Crippen molar-refractivity contribution in [2.45, 2.75) is 53.4 Å². The van der Waals surface area contributed by atoms with Gasteiger partial charge in [0.2, 0.25) is 0 Å². The molecular weight excluding hydrogens is 264 g/mol. The molecule has 0 amide bonds. The molecule has 2 nitrogen and oxygen atoms in total. The molecule has 0 aliphatic heterocycles. The number of hydrogen-bond acceptors (Lipinski definition) is 1. The zero-order chi connectivity index (χ0) is 15.0. The minimum absolute atomic E-state index is 0.716. The Kier molecular flexibility index (Phi) is 7.60. The van der Waals surface area contributed by atoms with Gasteiger partial charge in [0.1, 0.15) is 0 Å². The number of unbranched alkanes of at least 4 members (excludes halogenated alkanes) is 1. The third-order valence-corrected chi connectivity index (χ3v) is 3.98. The maximum Gasteiger partial charge on any atom is 0.170 e. The number of aryl methyl sites for hydroxylation is 2. The van der Waals surface area contributed by atoms with Crippen LogP contribution in [0.5, 0.6) is 0 Å². The van der Waals surface area contributed by atoms with Gasteiger partial charge in [-0.05, 0) is 55.6 Å². The van der Waals surface area contributed by atoms with Crippen molar-refractivity contribution in [3.05, 3.63) is 29.3 Å². The summed E-state index contributed by atoms with van der Waals surface area (Å²) in [5, 5.41) is 7.40. The molecule has 0 aromatic heterocycles. The van der Waals surface area contributed by atoms with E-state index >= 15 is 0 Å². The molecule has 0 saturated carbocycles. The molecule has 0 fully saturated rings. The van der Waals surface area contributed by atoms with Crippen LogP contribution in [-0.2, 0) is 0 Å². The van der Waals surface area contributed by atoms with Crippen molar-refractivity contribution in [3.63, 3.8) is 0 Å². The van der Waals surface area contributed by atoms with E-state index in [0.29, 0.717) is 5.92 Å². The average Bonchev–Trinajstić information content (AvgIpc) is 2.43. The van der Waals surface area contributed by atoms with Crippen LogP contribution in [0.25, 0.3) is 0 Å². The van der Waals surface area contributed by atoms with Crippen LogP contribution in [0.15, 0.2) is 18.2 Å². The summed E-state index contributed by atoms with van der Waals surface area (Å²) in [7, 11) is 0. The Morgan fingerprint density at radius 1 is 1.25 bits per heavy atom. The van der Waals surface area contributed by atoms with E-state index in [2.05, 4.69) is 56.5 Å². The van der Waals surface area contributed by atoms with Crippen LogP contribution >= 0.6 is 12.2 Å². The first-order valence-electron chi connectivity index (χ1n) is 7.68. The Balaban J connectivity index is 2.45. The van der Waals surface area contributed by atoms with E-state index in [-0.39, 0.29) is 0 Å². The molecule has 2 N–H and O–H groups in total. The molecule has 1 aromatic carbocycles. The van der Waals surface area contributed by atoms with Gasteiger partial charge in [0, 0.05) is 12.2 Å². The van der Waals surface area contributed by atoms with Crippen LogP contribution in [-0.4, -0.2) is 11.7 Å². The standard InChI is InChI=1S/C17H28N2S/c1-5-7-8-15(6-2)12-18-17(20)19-16-11-13(3)9-10-14(16)4/h9-11,15H,5-8,12H2,1-4H3,(H2,18,19,20). The fourth-order valence-corrected chi connectivity index (χ4v) is 2.41. The van der Waals surface area contributed by atoms with Crippen LogP contribution in [0, 0.1) is 19.8 Å². The largest absolute Gasteiger partial charge is 0.362 e. The van der Waals surface area contributed by atoms with Crippen molar-refractivity contribution in [3.8, 4) is 0 Å². The molecule has 0 radical (unpaired) electrons. The summed E-state index contributed by atoms with van der Waals surface area (Å²) in [6.45, 7) is 9.66. The summed E-state index contributed by atoms with van der Waals surface area (Å²) < 4.78 is 0. The fourth-order valence-electron chi connectivity index (χ4n) is 2.22. The van der Waals surface area contributed by atoms with Crippen molar-refractivity contribution < 1.29 is 0 Å². The molecule has 1 unspecified atom stereocenters. The fraction of sp³-hybridized carbons (Fsp3) is 0.588. The van der Waals surface area contributed by atoms with Gasteiger partial charge in [-0.3, -0.25) is 0 Å². The van der Waals surface area contributed by atoms with Gasteiger partial charge in [0.25, 0.3) is 0 Å². The molecule has 1 rings (SSSR count). The number of hydrogen-bond donors (Lipinski definition) is 2. The summed E-state index contributed by atoms with van der Waals surface area (Å²) in [6.07, 6.45) is 5.06. The van der Waals surface area contributed by atoms with Crippen molar-refractivity contribution in [2.24, 2.45) is 5.92 Å². The predicted molar refractivity (Wildman–Crippen MR) is 93.4 cm³/mol. The Morgan fingerprint density at radius 3 is 2.65 bits per heavy atom. The zero-order valence-electron chi connectivity index (χ0n) is 13.3. The predicted octanol–water partition coefficient (Wildman–Crippen LogP) is 4.81. The second-order valence-corrected chi connectivity index (χ2v) is 5.98. The number of nitrogens with one attached hydrogen (secondary N) is 2. The smallest absolute Gasteiger partial charge is 0.170 e. The van der Waals surface area contributed by atoms with Gasteiger partial charge >= 0.3 is 0 Å². The molecule has 0 spiro atoms. The summed E-state index contributed by atoms with van der Waals surface area (Å²) in [4.78, 5) is 0. The zero-order valence-corrected chi connectivity index (χ0v) is 14.1. The van der Waals surface area contributed by atoms with Crippen molar-refractivity contribution in [1.82, 2.24) is 5.32 Å². The molecule has 112 valence electrons. The van der Waals surface area contributed by atoms with Crippen molar-refractivity contribution in [1.29, 1.82) is 0 Å². The third kappa shape index (κ3) is 5.91. The van der Waals surface area contributed by atoms with Gasteiger partial charge in [0.15, 0.2) is 5.11 Å². The molecule has 0 heterocycles. The highest BCUT2D eigenvalue weighted by atomic mass is 32.1. The molecule has 0 aliphatic rings. The van der Waals surface area contributed by atoms with Gasteiger partial charge < -0.3 is 10.6 Å². The molecular formula is C17H28N2S. The summed E-state index contributed by atoms with van der Waals surface area (Å²) in [6, 6.07) is 6.38.